The first-order chi connectivity index (χ1) is 10.3. The van der Waals surface area contributed by atoms with E-state index in [0.29, 0.717) is 6.04 Å². The minimum Gasteiger partial charge on any atom is -0.329 e. The average molecular weight is 297 g/mol. The Bertz CT molecular complexity index is 230. The monoisotopic (exact) mass is 296 g/mol. The van der Waals surface area contributed by atoms with Gasteiger partial charge in [0, 0.05) is 18.6 Å². The molecule has 1 aliphatic rings. The first-order valence-electron chi connectivity index (χ1n) is 9.75. The number of rotatable bonds is 12. The van der Waals surface area contributed by atoms with Gasteiger partial charge in [0.15, 0.2) is 0 Å². The van der Waals surface area contributed by atoms with Crippen LogP contribution in [-0.2, 0) is 0 Å². The quantitative estimate of drug-likeness (QED) is 0.507. The second-order valence-corrected chi connectivity index (χ2v) is 7.09. The van der Waals surface area contributed by atoms with E-state index in [4.69, 9.17) is 5.73 Å². The fourth-order valence-corrected chi connectivity index (χ4v) is 3.78. The van der Waals surface area contributed by atoms with E-state index < -0.39 is 0 Å². The molecule has 0 aliphatic carbocycles. The molecule has 0 saturated carbocycles. The van der Waals surface area contributed by atoms with Crippen molar-refractivity contribution in [3.63, 3.8) is 0 Å². The summed E-state index contributed by atoms with van der Waals surface area (Å²) in [6.07, 6.45) is 18.3. The molecule has 2 atom stereocenters. The van der Waals surface area contributed by atoms with Crippen molar-refractivity contribution in [2.45, 2.75) is 109 Å². The molecule has 126 valence electrons. The first-order valence-corrected chi connectivity index (χ1v) is 9.75. The van der Waals surface area contributed by atoms with Crippen molar-refractivity contribution in [3.8, 4) is 0 Å². The summed E-state index contributed by atoms with van der Waals surface area (Å²) in [6.45, 7) is 6.80. The Labute approximate surface area is 133 Å². The van der Waals surface area contributed by atoms with Gasteiger partial charge in [-0.25, -0.2) is 0 Å². The van der Waals surface area contributed by atoms with Crippen molar-refractivity contribution in [2.75, 3.05) is 13.1 Å². The third-order valence-corrected chi connectivity index (χ3v) is 5.24. The summed E-state index contributed by atoms with van der Waals surface area (Å²) in [5.74, 6) is 0. The van der Waals surface area contributed by atoms with Crippen LogP contribution in [0.4, 0.5) is 0 Å². The minimum absolute atomic E-state index is 0.660. The molecule has 0 aromatic carbocycles. The molecular weight excluding hydrogens is 256 g/mol. The highest BCUT2D eigenvalue weighted by molar-refractivity contribution is 4.82. The number of hydrogen-bond donors (Lipinski definition) is 1. The molecule has 1 aliphatic heterocycles. The van der Waals surface area contributed by atoms with Crippen LogP contribution in [0.1, 0.15) is 97.3 Å². The Morgan fingerprint density at radius 2 is 1.43 bits per heavy atom. The number of unbranched alkanes of at least 4 members (excludes halogenated alkanes) is 9. The minimum atomic E-state index is 0.660. The van der Waals surface area contributed by atoms with Crippen LogP contribution in [-0.4, -0.2) is 30.1 Å². The molecule has 0 spiro atoms. The van der Waals surface area contributed by atoms with Gasteiger partial charge in [0.2, 0.25) is 0 Å². The van der Waals surface area contributed by atoms with Gasteiger partial charge in [-0.3, -0.25) is 4.90 Å². The van der Waals surface area contributed by atoms with Crippen LogP contribution >= 0.6 is 0 Å². The van der Waals surface area contributed by atoms with Crippen molar-refractivity contribution in [3.05, 3.63) is 0 Å². The van der Waals surface area contributed by atoms with E-state index >= 15 is 0 Å². The molecule has 0 amide bonds. The molecule has 1 heterocycles. The van der Waals surface area contributed by atoms with Gasteiger partial charge in [-0.05, 0) is 32.7 Å². The van der Waals surface area contributed by atoms with E-state index in [0.717, 1.165) is 12.6 Å². The van der Waals surface area contributed by atoms with Gasteiger partial charge in [0.1, 0.15) is 0 Å². The van der Waals surface area contributed by atoms with E-state index in [9.17, 15) is 0 Å². The Hall–Kier alpha value is -0.0800. The molecule has 1 saturated heterocycles. The van der Waals surface area contributed by atoms with Gasteiger partial charge in [-0.15, -0.1) is 0 Å². The fourth-order valence-electron chi connectivity index (χ4n) is 3.78. The summed E-state index contributed by atoms with van der Waals surface area (Å²) in [4.78, 5) is 2.69. The summed E-state index contributed by atoms with van der Waals surface area (Å²) in [7, 11) is 0. The van der Waals surface area contributed by atoms with Crippen LogP contribution in [0.3, 0.4) is 0 Å². The highest BCUT2D eigenvalue weighted by atomic mass is 15.2. The highest BCUT2D eigenvalue weighted by Gasteiger charge is 2.25. The number of nitrogens with two attached hydrogens (primary N) is 1. The summed E-state index contributed by atoms with van der Waals surface area (Å²) < 4.78 is 0. The smallest absolute Gasteiger partial charge is 0.0221 e. The molecule has 2 N–H and O–H groups in total. The van der Waals surface area contributed by atoms with Crippen molar-refractivity contribution >= 4 is 0 Å². The Balaban J connectivity index is 1.95. The zero-order valence-corrected chi connectivity index (χ0v) is 14.8. The van der Waals surface area contributed by atoms with Crippen LogP contribution < -0.4 is 5.73 Å². The molecule has 2 nitrogen and oxygen atoms in total. The third kappa shape index (κ3) is 8.21. The topological polar surface area (TPSA) is 29.3 Å². The molecule has 2 heteroatoms. The molecule has 0 aromatic rings. The van der Waals surface area contributed by atoms with E-state index in [2.05, 4.69) is 18.7 Å². The lowest BCUT2D eigenvalue weighted by molar-refractivity contribution is 0.0951. The van der Waals surface area contributed by atoms with Crippen LogP contribution in [0, 0.1) is 0 Å². The summed E-state index contributed by atoms with van der Waals surface area (Å²) in [6, 6.07) is 1.41. The second-order valence-electron chi connectivity index (χ2n) is 7.09. The normalized spacial score (nSPS) is 23.6. The molecule has 0 aromatic heterocycles. The van der Waals surface area contributed by atoms with Gasteiger partial charge >= 0.3 is 0 Å². The lowest BCUT2D eigenvalue weighted by Crippen LogP contribution is -2.49. The Kier molecular flexibility index (Phi) is 11.3. The van der Waals surface area contributed by atoms with Crippen LogP contribution in [0.2, 0.25) is 0 Å². The second kappa shape index (κ2) is 12.5. The highest BCUT2D eigenvalue weighted by Crippen LogP contribution is 2.22. The molecule has 21 heavy (non-hydrogen) atoms. The van der Waals surface area contributed by atoms with Crippen LogP contribution in [0.25, 0.3) is 0 Å². The van der Waals surface area contributed by atoms with Crippen molar-refractivity contribution < 1.29 is 0 Å². The summed E-state index contributed by atoms with van der Waals surface area (Å²) in [5.41, 5.74) is 5.93. The Morgan fingerprint density at radius 1 is 0.857 bits per heavy atom. The van der Waals surface area contributed by atoms with Gasteiger partial charge in [-0.2, -0.15) is 0 Å². The molecular formula is C19H40N2. The number of likely N-dealkylation sites (tertiary alicyclic amines) is 1. The fraction of sp³-hybridized carbons (Fsp3) is 1.00. The number of hydrogen-bond acceptors (Lipinski definition) is 2. The predicted molar refractivity (Wildman–Crippen MR) is 94.7 cm³/mol. The van der Waals surface area contributed by atoms with Gasteiger partial charge in [0.25, 0.3) is 0 Å². The van der Waals surface area contributed by atoms with Crippen LogP contribution in [0.5, 0.6) is 0 Å². The molecule has 1 fully saturated rings. The molecule has 1 rings (SSSR count). The maximum Gasteiger partial charge on any atom is 0.0221 e. The maximum absolute atomic E-state index is 5.93. The number of nitrogens with zero attached hydrogens (tertiary/aromatic N) is 1. The van der Waals surface area contributed by atoms with E-state index in [1.807, 2.05) is 0 Å². The van der Waals surface area contributed by atoms with Gasteiger partial charge in [0.05, 0.1) is 0 Å². The molecule has 0 bridgehead atoms. The van der Waals surface area contributed by atoms with Gasteiger partial charge < -0.3 is 5.73 Å². The predicted octanol–water partition coefficient (Wildman–Crippen LogP) is 5.11. The standard InChI is InChI=1S/C19H40N2/c1-3-4-5-6-7-8-9-10-11-12-16-21-18(2)14-13-15-19(21)17-20/h18-19H,3-17,20H2,1-2H3. The van der Waals surface area contributed by atoms with E-state index in [1.54, 1.807) is 0 Å². The lowest BCUT2D eigenvalue weighted by atomic mass is 9.96. The van der Waals surface area contributed by atoms with Crippen LogP contribution in [0.15, 0.2) is 0 Å². The lowest BCUT2D eigenvalue weighted by Gasteiger charge is -2.40. The average Bonchev–Trinajstić information content (AvgIpc) is 2.50. The van der Waals surface area contributed by atoms with Crippen molar-refractivity contribution in [1.29, 1.82) is 0 Å². The maximum atomic E-state index is 5.93. The SMILES string of the molecule is CCCCCCCCCCCCN1C(C)CCCC1CN. The molecule has 0 radical (unpaired) electrons. The van der Waals surface area contributed by atoms with E-state index in [1.165, 1.54) is 90.0 Å². The summed E-state index contributed by atoms with van der Waals surface area (Å²) in [5, 5.41) is 0. The Morgan fingerprint density at radius 3 is 2.00 bits per heavy atom. The molecule has 2 unspecified atom stereocenters. The van der Waals surface area contributed by atoms with E-state index in [-0.39, 0.29) is 0 Å². The summed E-state index contributed by atoms with van der Waals surface area (Å²) >= 11 is 0. The largest absolute Gasteiger partial charge is 0.329 e. The number of piperidine rings is 1. The zero-order valence-electron chi connectivity index (χ0n) is 14.8. The third-order valence-electron chi connectivity index (χ3n) is 5.24. The van der Waals surface area contributed by atoms with Crippen molar-refractivity contribution in [2.24, 2.45) is 5.73 Å². The first kappa shape index (κ1) is 19.0. The van der Waals surface area contributed by atoms with Crippen molar-refractivity contribution in [1.82, 2.24) is 4.90 Å². The zero-order chi connectivity index (χ0) is 15.3. The van der Waals surface area contributed by atoms with Gasteiger partial charge in [-0.1, -0.05) is 71.1 Å².